The fourth-order valence-electron chi connectivity index (χ4n) is 1.64. The number of nitrogens with zero attached hydrogens (tertiary/aromatic N) is 2. The molecule has 3 N–H and O–H groups in total. The van der Waals surface area contributed by atoms with Gasteiger partial charge in [-0.05, 0) is 12.1 Å². The van der Waals surface area contributed by atoms with E-state index in [9.17, 15) is 23.6 Å². The Morgan fingerprint density at radius 1 is 1.43 bits per heavy atom. The van der Waals surface area contributed by atoms with Crippen molar-refractivity contribution < 1.29 is 18.4 Å². The third-order valence-corrected chi connectivity index (χ3v) is 4.15. The molecule has 2 aromatic rings. The van der Waals surface area contributed by atoms with Gasteiger partial charge in [-0.15, -0.1) is 0 Å². The first-order valence-corrected chi connectivity index (χ1v) is 7.33. The number of aromatic hydroxyl groups is 1. The van der Waals surface area contributed by atoms with E-state index in [1.54, 1.807) is 6.20 Å². The van der Waals surface area contributed by atoms with Gasteiger partial charge >= 0.3 is 5.69 Å². The van der Waals surface area contributed by atoms with Crippen LogP contribution in [0.1, 0.15) is 5.69 Å². The van der Waals surface area contributed by atoms with Crippen LogP contribution in [0, 0.1) is 10.1 Å². The lowest BCUT2D eigenvalue weighted by molar-refractivity contribution is -0.386. The van der Waals surface area contributed by atoms with Crippen LogP contribution in [0.2, 0.25) is 0 Å². The number of phenolic OH excluding ortho intramolecular Hbond substituents is 1. The van der Waals surface area contributed by atoms with Crippen molar-refractivity contribution in [2.24, 2.45) is 0 Å². The summed E-state index contributed by atoms with van der Waals surface area (Å²) in [5.74, 6) is -0.587. The van der Waals surface area contributed by atoms with Gasteiger partial charge in [-0.3, -0.25) is 10.1 Å². The van der Waals surface area contributed by atoms with Gasteiger partial charge in [-0.1, -0.05) is 0 Å². The highest BCUT2D eigenvalue weighted by Crippen LogP contribution is 2.28. The van der Waals surface area contributed by atoms with Gasteiger partial charge in [-0.2, -0.15) is 0 Å². The summed E-state index contributed by atoms with van der Waals surface area (Å²) in [6, 6.07) is 2.89. The number of hydrogen-bond acceptors (Lipinski definition) is 6. The number of rotatable bonds is 6. The van der Waals surface area contributed by atoms with Crippen LogP contribution >= 0.6 is 0 Å². The molecule has 0 saturated heterocycles. The molecule has 0 atom stereocenters. The molecule has 0 amide bonds. The van der Waals surface area contributed by atoms with Gasteiger partial charge in [0, 0.05) is 30.9 Å². The molecule has 0 aliphatic rings. The molecule has 0 aliphatic carbocycles. The minimum atomic E-state index is -3.89. The Kier molecular flexibility index (Phi) is 4.19. The Bertz CT molecular complexity index is 742. The highest BCUT2D eigenvalue weighted by atomic mass is 32.2. The Balaban J connectivity index is 2.12. The first kappa shape index (κ1) is 14.9. The fraction of sp³-hybridized carbons (Fsp3) is 0.182. The second-order valence-electron chi connectivity index (χ2n) is 4.13. The normalized spacial score (nSPS) is 11.4. The van der Waals surface area contributed by atoms with Crippen molar-refractivity contribution in [1.29, 1.82) is 0 Å². The van der Waals surface area contributed by atoms with Gasteiger partial charge < -0.3 is 10.1 Å². The van der Waals surface area contributed by atoms with E-state index >= 15 is 0 Å². The largest absolute Gasteiger partial charge is 0.502 e. The van der Waals surface area contributed by atoms with E-state index in [-0.39, 0.29) is 11.4 Å². The minimum absolute atomic E-state index is 0.110. The number of nitro groups is 1. The number of benzene rings is 1. The molecular formula is C11H12N4O5S. The van der Waals surface area contributed by atoms with E-state index in [1.165, 1.54) is 6.33 Å². The number of nitrogens with one attached hydrogen (secondary N) is 2. The van der Waals surface area contributed by atoms with Crippen LogP contribution in [0.4, 0.5) is 5.69 Å². The lowest BCUT2D eigenvalue weighted by Crippen LogP contribution is -2.26. The molecule has 10 heteroatoms. The van der Waals surface area contributed by atoms with Gasteiger partial charge in [0.05, 0.1) is 16.1 Å². The van der Waals surface area contributed by atoms with Gasteiger partial charge in [0.15, 0.2) is 5.75 Å². The number of sulfonamides is 1. The minimum Gasteiger partial charge on any atom is -0.502 e. The SMILES string of the molecule is O=[N+]([O-])c1cc(S(=O)(=O)NCCc2cnc[nH]2)ccc1O. The van der Waals surface area contributed by atoms with Crippen LogP contribution in [0.15, 0.2) is 35.6 Å². The molecule has 1 aromatic heterocycles. The van der Waals surface area contributed by atoms with Crippen molar-refractivity contribution in [3.05, 3.63) is 46.5 Å². The first-order valence-electron chi connectivity index (χ1n) is 5.84. The predicted octanol–water partition coefficient (Wildman–Crippen LogP) is 0.544. The van der Waals surface area contributed by atoms with Crippen molar-refractivity contribution >= 4 is 15.7 Å². The maximum atomic E-state index is 12.0. The first-order chi connectivity index (χ1) is 9.90. The van der Waals surface area contributed by atoms with Crippen LogP contribution in [0.25, 0.3) is 0 Å². The molecule has 2 rings (SSSR count). The summed E-state index contributed by atoms with van der Waals surface area (Å²) in [6.45, 7) is 0.110. The van der Waals surface area contributed by atoms with Crippen molar-refractivity contribution in [2.75, 3.05) is 6.54 Å². The van der Waals surface area contributed by atoms with Gasteiger partial charge in [0.2, 0.25) is 10.0 Å². The molecule has 112 valence electrons. The third kappa shape index (κ3) is 3.55. The lowest BCUT2D eigenvalue weighted by Gasteiger charge is -2.06. The summed E-state index contributed by atoms with van der Waals surface area (Å²) >= 11 is 0. The summed E-state index contributed by atoms with van der Waals surface area (Å²) in [4.78, 5) is 16.2. The zero-order chi connectivity index (χ0) is 15.5. The molecule has 0 fully saturated rings. The zero-order valence-electron chi connectivity index (χ0n) is 10.7. The standard InChI is InChI=1S/C11H12N4O5S/c16-11-2-1-9(5-10(11)15(17)18)21(19,20)14-4-3-8-6-12-7-13-8/h1-2,5-7,14,16H,3-4H2,(H,12,13). The number of hydrogen-bond donors (Lipinski definition) is 3. The van der Waals surface area contributed by atoms with E-state index in [0.29, 0.717) is 6.42 Å². The molecule has 1 aromatic carbocycles. The molecule has 0 bridgehead atoms. The molecule has 0 spiro atoms. The molecule has 21 heavy (non-hydrogen) atoms. The second kappa shape index (κ2) is 5.89. The van der Waals surface area contributed by atoms with Gasteiger partial charge in [0.1, 0.15) is 0 Å². The van der Waals surface area contributed by atoms with Crippen molar-refractivity contribution in [3.63, 3.8) is 0 Å². The van der Waals surface area contributed by atoms with Crippen molar-refractivity contribution in [3.8, 4) is 5.75 Å². The predicted molar refractivity (Wildman–Crippen MR) is 72.2 cm³/mol. The third-order valence-electron chi connectivity index (χ3n) is 2.70. The molecule has 0 radical (unpaired) electrons. The quantitative estimate of drug-likeness (QED) is 0.526. The summed E-state index contributed by atoms with van der Waals surface area (Å²) in [6.07, 6.45) is 3.45. The highest BCUT2D eigenvalue weighted by molar-refractivity contribution is 7.89. The average molecular weight is 312 g/mol. The molecule has 1 heterocycles. The summed E-state index contributed by atoms with van der Waals surface area (Å²) < 4.78 is 26.3. The molecule has 9 nitrogen and oxygen atoms in total. The number of aromatic amines is 1. The number of nitro benzene ring substituents is 1. The topological polar surface area (TPSA) is 138 Å². The van der Waals surface area contributed by atoms with Crippen LogP contribution in [-0.4, -0.2) is 35.0 Å². The number of H-pyrrole nitrogens is 1. The van der Waals surface area contributed by atoms with Gasteiger partial charge in [0.25, 0.3) is 0 Å². The molecule has 0 unspecified atom stereocenters. The Hall–Kier alpha value is -2.46. The Labute approximate surface area is 119 Å². The smallest absolute Gasteiger partial charge is 0.312 e. The lowest BCUT2D eigenvalue weighted by atomic mass is 10.3. The van der Waals surface area contributed by atoms with Crippen LogP contribution in [-0.2, 0) is 16.4 Å². The van der Waals surface area contributed by atoms with E-state index in [4.69, 9.17) is 0 Å². The van der Waals surface area contributed by atoms with Crippen molar-refractivity contribution in [2.45, 2.75) is 11.3 Å². The van der Waals surface area contributed by atoms with E-state index < -0.39 is 26.4 Å². The Morgan fingerprint density at radius 2 is 2.19 bits per heavy atom. The zero-order valence-corrected chi connectivity index (χ0v) is 11.5. The monoisotopic (exact) mass is 312 g/mol. The summed E-state index contributed by atoms with van der Waals surface area (Å²) in [5, 5.41) is 20.0. The Morgan fingerprint density at radius 3 is 2.81 bits per heavy atom. The van der Waals surface area contributed by atoms with Crippen LogP contribution < -0.4 is 4.72 Å². The van der Waals surface area contributed by atoms with Crippen LogP contribution in [0.3, 0.4) is 0 Å². The van der Waals surface area contributed by atoms with Crippen LogP contribution in [0.5, 0.6) is 5.75 Å². The average Bonchev–Trinajstić information content (AvgIpc) is 2.91. The number of phenols is 1. The maximum Gasteiger partial charge on any atom is 0.312 e. The molecular weight excluding hydrogens is 300 g/mol. The second-order valence-corrected chi connectivity index (χ2v) is 5.90. The fourth-order valence-corrected chi connectivity index (χ4v) is 2.69. The van der Waals surface area contributed by atoms with E-state index in [2.05, 4.69) is 14.7 Å². The number of imidazole rings is 1. The van der Waals surface area contributed by atoms with E-state index in [1.807, 2.05) is 0 Å². The van der Waals surface area contributed by atoms with Gasteiger partial charge in [-0.25, -0.2) is 18.1 Å². The maximum absolute atomic E-state index is 12.0. The van der Waals surface area contributed by atoms with Crippen molar-refractivity contribution in [1.82, 2.24) is 14.7 Å². The molecule has 0 aliphatic heterocycles. The molecule has 0 saturated carbocycles. The number of aromatic nitrogens is 2. The van der Waals surface area contributed by atoms with E-state index in [0.717, 1.165) is 23.9 Å². The summed E-state index contributed by atoms with van der Waals surface area (Å²) in [5.41, 5.74) is 0.0980. The highest BCUT2D eigenvalue weighted by Gasteiger charge is 2.20. The summed E-state index contributed by atoms with van der Waals surface area (Å²) in [7, 11) is -3.89.